The second-order valence-corrected chi connectivity index (χ2v) is 5.55. The summed E-state index contributed by atoms with van der Waals surface area (Å²) in [5.41, 5.74) is 2.56. The fourth-order valence-corrected chi connectivity index (χ4v) is 2.60. The lowest BCUT2D eigenvalue weighted by Gasteiger charge is -2.23. The number of fused-ring (bicyclic) bond motifs is 1. The van der Waals surface area contributed by atoms with Crippen LogP contribution in [-0.2, 0) is 9.59 Å². The van der Waals surface area contributed by atoms with E-state index in [1.54, 1.807) is 43.3 Å². The predicted octanol–water partition coefficient (Wildman–Crippen LogP) is 2.55. The van der Waals surface area contributed by atoms with E-state index in [0.29, 0.717) is 16.9 Å². The van der Waals surface area contributed by atoms with E-state index in [2.05, 4.69) is 5.32 Å². The molecule has 1 heterocycles. The van der Waals surface area contributed by atoms with Gasteiger partial charge in [0.25, 0.3) is 11.7 Å². The van der Waals surface area contributed by atoms with Gasteiger partial charge < -0.3 is 5.32 Å². The topological polar surface area (TPSA) is 66.5 Å². The Bertz CT molecular complexity index is 796. The molecule has 0 radical (unpaired) electrons. The zero-order chi connectivity index (χ0) is 16.6. The molecule has 23 heavy (non-hydrogen) atoms. The SMILES string of the molecule is Cc1ccc(NC(=O)[C@@H](C)N2C(=O)C(=O)c3ccccc32)cc1. The maximum atomic E-state index is 12.4. The molecular formula is C18H16N2O3. The Labute approximate surface area is 133 Å². The summed E-state index contributed by atoms with van der Waals surface area (Å²) >= 11 is 0. The third-order valence-electron chi connectivity index (χ3n) is 3.91. The maximum Gasteiger partial charge on any atom is 0.300 e. The van der Waals surface area contributed by atoms with E-state index >= 15 is 0 Å². The number of aryl methyl sites for hydroxylation is 1. The van der Waals surface area contributed by atoms with Crippen LogP contribution in [0.3, 0.4) is 0 Å². The van der Waals surface area contributed by atoms with E-state index in [1.807, 2.05) is 19.1 Å². The summed E-state index contributed by atoms with van der Waals surface area (Å²) in [7, 11) is 0. The third-order valence-corrected chi connectivity index (χ3v) is 3.91. The molecule has 2 aromatic carbocycles. The van der Waals surface area contributed by atoms with Gasteiger partial charge in [0.2, 0.25) is 5.91 Å². The molecule has 1 atom stereocenters. The Kier molecular flexibility index (Phi) is 3.70. The molecule has 0 unspecified atom stereocenters. The minimum absolute atomic E-state index is 0.340. The number of hydrogen-bond donors (Lipinski definition) is 1. The highest BCUT2D eigenvalue weighted by Gasteiger charge is 2.40. The first-order chi connectivity index (χ1) is 11.0. The van der Waals surface area contributed by atoms with Crippen LogP contribution in [0, 0.1) is 6.92 Å². The van der Waals surface area contributed by atoms with E-state index in [1.165, 1.54) is 4.90 Å². The molecule has 3 rings (SSSR count). The molecule has 1 aliphatic rings. The number of Topliss-reactive ketones (excluding diaryl/α,β-unsaturated/α-hetero) is 1. The fourth-order valence-electron chi connectivity index (χ4n) is 2.60. The smallest absolute Gasteiger partial charge is 0.300 e. The first-order valence-electron chi connectivity index (χ1n) is 7.33. The largest absolute Gasteiger partial charge is 0.324 e. The number of carbonyl (C=O) groups excluding carboxylic acids is 3. The Hall–Kier alpha value is -2.95. The van der Waals surface area contributed by atoms with Gasteiger partial charge in [0.15, 0.2) is 0 Å². The molecule has 0 saturated heterocycles. The van der Waals surface area contributed by atoms with E-state index in [0.717, 1.165) is 5.56 Å². The van der Waals surface area contributed by atoms with Crippen LogP contribution in [0.4, 0.5) is 11.4 Å². The Balaban J connectivity index is 1.84. The summed E-state index contributed by atoms with van der Waals surface area (Å²) in [5.74, 6) is -1.58. The highest BCUT2D eigenvalue weighted by molar-refractivity contribution is 6.52. The number of hydrogen-bond acceptors (Lipinski definition) is 3. The highest BCUT2D eigenvalue weighted by Crippen LogP contribution is 2.30. The molecule has 5 heteroatoms. The van der Waals surface area contributed by atoms with Crippen molar-refractivity contribution in [1.29, 1.82) is 0 Å². The Morgan fingerprint density at radius 3 is 2.39 bits per heavy atom. The normalized spacial score (nSPS) is 14.6. The number of nitrogens with one attached hydrogen (secondary N) is 1. The second-order valence-electron chi connectivity index (χ2n) is 5.55. The zero-order valence-electron chi connectivity index (χ0n) is 12.9. The van der Waals surface area contributed by atoms with Crippen molar-refractivity contribution >= 4 is 29.0 Å². The molecule has 0 fully saturated rings. The van der Waals surface area contributed by atoms with Crippen molar-refractivity contribution in [3.05, 3.63) is 59.7 Å². The monoisotopic (exact) mass is 308 g/mol. The predicted molar refractivity (Wildman–Crippen MR) is 87.5 cm³/mol. The van der Waals surface area contributed by atoms with Crippen molar-refractivity contribution < 1.29 is 14.4 Å². The van der Waals surface area contributed by atoms with E-state index < -0.39 is 17.7 Å². The minimum atomic E-state index is -0.781. The standard InChI is InChI=1S/C18H16N2O3/c1-11-7-9-13(10-8-11)19-17(22)12(2)20-15-6-4-3-5-14(15)16(21)18(20)23/h3-10,12H,1-2H3,(H,19,22)/t12-/m1/s1. The molecule has 116 valence electrons. The van der Waals surface area contributed by atoms with Crippen molar-refractivity contribution in [2.45, 2.75) is 19.9 Å². The lowest BCUT2D eigenvalue weighted by Crippen LogP contribution is -2.45. The molecule has 1 aliphatic heterocycles. The number of rotatable bonds is 3. The molecule has 2 amide bonds. The van der Waals surface area contributed by atoms with E-state index in [-0.39, 0.29) is 5.91 Å². The Morgan fingerprint density at radius 1 is 1.04 bits per heavy atom. The number of nitrogens with zero attached hydrogens (tertiary/aromatic N) is 1. The minimum Gasteiger partial charge on any atom is -0.324 e. The van der Waals surface area contributed by atoms with Gasteiger partial charge in [-0.2, -0.15) is 0 Å². The maximum absolute atomic E-state index is 12.4. The Morgan fingerprint density at radius 2 is 1.70 bits per heavy atom. The van der Waals surface area contributed by atoms with Crippen LogP contribution in [0.15, 0.2) is 48.5 Å². The number of para-hydroxylation sites is 1. The van der Waals surface area contributed by atoms with Crippen LogP contribution in [0.5, 0.6) is 0 Å². The van der Waals surface area contributed by atoms with Gasteiger partial charge in [-0.25, -0.2) is 0 Å². The van der Waals surface area contributed by atoms with Gasteiger partial charge in [-0.3, -0.25) is 19.3 Å². The van der Waals surface area contributed by atoms with Crippen molar-refractivity contribution in [1.82, 2.24) is 0 Å². The van der Waals surface area contributed by atoms with Crippen LogP contribution in [0.1, 0.15) is 22.8 Å². The van der Waals surface area contributed by atoms with Crippen LogP contribution in [-0.4, -0.2) is 23.6 Å². The van der Waals surface area contributed by atoms with Gasteiger partial charge in [-0.15, -0.1) is 0 Å². The molecule has 0 saturated carbocycles. The van der Waals surface area contributed by atoms with Crippen molar-refractivity contribution in [3.8, 4) is 0 Å². The quantitative estimate of drug-likeness (QED) is 0.886. The van der Waals surface area contributed by atoms with Gasteiger partial charge in [-0.05, 0) is 38.1 Å². The summed E-state index contributed by atoms with van der Waals surface area (Å²) in [6.07, 6.45) is 0. The van der Waals surface area contributed by atoms with Crippen LogP contribution in [0.2, 0.25) is 0 Å². The summed E-state index contributed by atoms with van der Waals surface area (Å²) in [6.45, 7) is 3.57. The summed E-state index contributed by atoms with van der Waals surface area (Å²) < 4.78 is 0. The van der Waals surface area contributed by atoms with Gasteiger partial charge in [0, 0.05) is 5.69 Å². The number of benzene rings is 2. The van der Waals surface area contributed by atoms with Gasteiger partial charge in [-0.1, -0.05) is 29.8 Å². The molecular weight excluding hydrogens is 292 g/mol. The molecule has 0 spiro atoms. The molecule has 5 nitrogen and oxygen atoms in total. The highest BCUT2D eigenvalue weighted by atomic mass is 16.2. The first kappa shape index (κ1) is 15.0. The van der Waals surface area contributed by atoms with Crippen LogP contribution >= 0.6 is 0 Å². The van der Waals surface area contributed by atoms with Crippen LogP contribution < -0.4 is 10.2 Å². The van der Waals surface area contributed by atoms with E-state index in [4.69, 9.17) is 0 Å². The summed E-state index contributed by atoms with van der Waals surface area (Å²) in [4.78, 5) is 37.9. The molecule has 1 N–H and O–H groups in total. The lowest BCUT2D eigenvalue weighted by molar-refractivity contribution is -0.120. The number of ketones is 1. The zero-order valence-corrected chi connectivity index (χ0v) is 12.9. The third kappa shape index (κ3) is 2.61. The van der Waals surface area contributed by atoms with E-state index in [9.17, 15) is 14.4 Å². The fraction of sp³-hybridized carbons (Fsp3) is 0.167. The average molecular weight is 308 g/mol. The van der Waals surface area contributed by atoms with Gasteiger partial charge >= 0.3 is 0 Å². The summed E-state index contributed by atoms with van der Waals surface area (Å²) in [6, 6.07) is 13.3. The van der Waals surface area contributed by atoms with Gasteiger partial charge in [0.05, 0.1) is 11.3 Å². The summed E-state index contributed by atoms with van der Waals surface area (Å²) in [5, 5.41) is 2.77. The van der Waals surface area contributed by atoms with Crippen molar-refractivity contribution in [2.75, 3.05) is 10.2 Å². The number of carbonyl (C=O) groups is 3. The molecule has 2 aromatic rings. The lowest BCUT2D eigenvalue weighted by atomic mass is 10.1. The number of anilines is 2. The molecule has 0 aliphatic carbocycles. The second kappa shape index (κ2) is 5.68. The average Bonchev–Trinajstić information content (AvgIpc) is 2.81. The number of amides is 2. The first-order valence-corrected chi connectivity index (χ1v) is 7.33. The van der Waals surface area contributed by atoms with Crippen molar-refractivity contribution in [2.24, 2.45) is 0 Å². The molecule has 0 bridgehead atoms. The van der Waals surface area contributed by atoms with Gasteiger partial charge in [0.1, 0.15) is 6.04 Å². The molecule has 0 aromatic heterocycles. The van der Waals surface area contributed by atoms with Crippen LogP contribution in [0.25, 0.3) is 0 Å². The van der Waals surface area contributed by atoms with Crippen molar-refractivity contribution in [3.63, 3.8) is 0 Å².